The van der Waals surface area contributed by atoms with Crippen molar-refractivity contribution in [1.29, 1.82) is 0 Å². The van der Waals surface area contributed by atoms with Gasteiger partial charge >= 0.3 is 0 Å². The van der Waals surface area contributed by atoms with Gasteiger partial charge in [-0.15, -0.1) is 0 Å². The van der Waals surface area contributed by atoms with Crippen LogP contribution >= 0.6 is 0 Å². The number of aromatic nitrogens is 1. The predicted molar refractivity (Wildman–Crippen MR) is 290 cm³/mol. The van der Waals surface area contributed by atoms with E-state index < -0.39 is 0 Å². The second kappa shape index (κ2) is 16.9. The van der Waals surface area contributed by atoms with Crippen LogP contribution in [0.15, 0.2) is 237 Å². The van der Waals surface area contributed by atoms with Crippen molar-refractivity contribution in [2.75, 3.05) is 4.90 Å². The smallest absolute Gasteiger partial charge is 0.0547 e. The van der Waals surface area contributed by atoms with Crippen molar-refractivity contribution in [2.45, 2.75) is 38.0 Å². The normalized spacial score (nSPS) is 13.2. The lowest BCUT2D eigenvalue weighted by molar-refractivity contribution is 0.445. The fourth-order valence-corrected chi connectivity index (χ4v) is 11.7. The van der Waals surface area contributed by atoms with Crippen LogP contribution in [0.1, 0.15) is 43.6 Å². The molecule has 0 saturated heterocycles. The lowest BCUT2D eigenvalue weighted by atomic mass is 9.80. The molecule has 1 fully saturated rings. The molecule has 0 bridgehead atoms. The topological polar surface area (TPSA) is 8.17 Å². The van der Waals surface area contributed by atoms with Gasteiger partial charge in [0, 0.05) is 33.3 Å². The summed E-state index contributed by atoms with van der Waals surface area (Å²) in [5.74, 6) is 0.563. The molecule has 0 unspecified atom stereocenters. The van der Waals surface area contributed by atoms with Gasteiger partial charge in [0.25, 0.3) is 0 Å². The van der Waals surface area contributed by atoms with E-state index in [0.29, 0.717) is 5.92 Å². The first-order chi connectivity index (χ1) is 33.8. The zero-order valence-corrected chi connectivity index (χ0v) is 38.0. The molecule has 1 saturated carbocycles. The minimum atomic E-state index is 0.563. The highest BCUT2D eigenvalue weighted by atomic mass is 15.1. The molecule has 0 aliphatic heterocycles. The Morgan fingerprint density at radius 1 is 0.353 bits per heavy atom. The molecule has 1 aliphatic carbocycles. The highest BCUT2D eigenvalue weighted by Crippen LogP contribution is 2.49. The molecule has 2 heteroatoms. The summed E-state index contributed by atoms with van der Waals surface area (Å²) in [6.07, 6.45) is 6.43. The monoisotopic (exact) mass is 870 g/mol. The number of benzene rings is 11. The third-order valence-electron chi connectivity index (χ3n) is 14.8. The predicted octanol–water partition coefficient (Wildman–Crippen LogP) is 18.8. The molecule has 1 heterocycles. The fourth-order valence-electron chi connectivity index (χ4n) is 11.7. The standard InChI is InChI=1S/C66H50N2/c1-3-19-45(20-4-1)55-33-16-22-47-23-17-35-61(66(47)55)59-31-11-14-38-64(59)68(51-27-15-24-48(43-51)53-32-18-34-56-52-28-8-7-21-46(52)39-41-57(53)56)62-36-12-9-29-54(62)49-40-42-60-58-30-10-13-37-63(58)67(65(60)44-49)50-25-5-2-6-26-50/h2,5-18,21-45H,1,3-4,19-20H2. The van der Waals surface area contributed by atoms with Gasteiger partial charge in [-0.25, -0.2) is 0 Å². The van der Waals surface area contributed by atoms with E-state index in [0.717, 1.165) is 33.9 Å². The SMILES string of the molecule is c1ccc(-n2c3ccccc3c3ccc(-c4ccccc4N(c4cccc(-c5cccc6c5ccc5ccccc56)c4)c4ccccc4-c4cccc5cccc(C6CCCCC6)c45)cc32)cc1. The van der Waals surface area contributed by atoms with E-state index in [-0.39, 0.29) is 0 Å². The highest BCUT2D eigenvalue weighted by Gasteiger charge is 2.25. The Hall–Kier alpha value is -8.20. The summed E-state index contributed by atoms with van der Waals surface area (Å²) in [6.45, 7) is 0. The molecule has 0 amide bonds. The van der Waals surface area contributed by atoms with Crippen molar-refractivity contribution in [3.05, 3.63) is 242 Å². The number of hydrogen-bond donors (Lipinski definition) is 0. The lowest BCUT2D eigenvalue weighted by Crippen LogP contribution is -2.13. The maximum absolute atomic E-state index is 2.54. The number of anilines is 3. The molecule has 2 nitrogen and oxygen atoms in total. The molecule has 324 valence electrons. The molecular formula is C66H50N2. The van der Waals surface area contributed by atoms with Crippen LogP contribution in [0, 0.1) is 0 Å². The molecule has 0 spiro atoms. The van der Waals surface area contributed by atoms with Gasteiger partial charge in [-0.3, -0.25) is 0 Å². The first kappa shape index (κ1) is 40.1. The van der Waals surface area contributed by atoms with Crippen molar-refractivity contribution in [3.8, 4) is 39.1 Å². The minimum Gasteiger partial charge on any atom is -0.309 e. The first-order valence-electron chi connectivity index (χ1n) is 24.4. The second-order valence-corrected chi connectivity index (χ2v) is 18.6. The van der Waals surface area contributed by atoms with Gasteiger partial charge < -0.3 is 9.47 Å². The fraction of sp³-hybridized carbons (Fsp3) is 0.0909. The lowest BCUT2D eigenvalue weighted by Gasteiger charge is -2.31. The third-order valence-corrected chi connectivity index (χ3v) is 14.8. The molecular weight excluding hydrogens is 821 g/mol. The summed E-state index contributed by atoms with van der Waals surface area (Å²) in [7, 11) is 0. The molecule has 68 heavy (non-hydrogen) atoms. The maximum Gasteiger partial charge on any atom is 0.0547 e. The first-order valence-corrected chi connectivity index (χ1v) is 24.4. The number of fused-ring (bicyclic) bond motifs is 7. The van der Waals surface area contributed by atoms with E-state index in [1.807, 2.05) is 0 Å². The minimum absolute atomic E-state index is 0.563. The summed E-state index contributed by atoms with van der Waals surface area (Å²) < 4.78 is 2.42. The van der Waals surface area contributed by atoms with E-state index >= 15 is 0 Å². The van der Waals surface area contributed by atoms with Gasteiger partial charge in [0.2, 0.25) is 0 Å². The second-order valence-electron chi connectivity index (χ2n) is 18.6. The van der Waals surface area contributed by atoms with Crippen molar-refractivity contribution in [2.24, 2.45) is 0 Å². The van der Waals surface area contributed by atoms with Crippen LogP contribution in [0.3, 0.4) is 0 Å². The summed E-state index contributed by atoms with van der Waals surface area (Å²) in [5.41, 5.74) is 15.6. The molecule has 1 aromatic heterocycles. The zero-order chi connectivity index (χ0) is 45.0. The number of hydrogen-bond acceptors (Lipinski definition) is 1. The van der Waals surface area contributed by atoms with Gasteiger partial charge in [0.15, 0.2) is 0 Å². The summed E-state index contributed by atoms with van der Waals surface area (Å²) in [5, 5.41) is 10.2. The van der Waals surface area contributed by atoms with E-state index in [2.05, 4.69) is 246 Å². The van der Waals surface area contributed by atoms with Crippen molar-refractivity contribution < 1.29 is 0 Å². The maximum atomic E-state index is 2.54. The van der Waals surface area contributed by atoms with Crippen molar-refractivity contribution >= 4 is 71.2 Å². The van der Waals surface area contributed by atoms with E-state index in [9.17, 15) is 0 Å². The van der Waals surface area contributed by atoms with Crippen LogP contribution in [0.4, 0.5) is 17.1 Å². The number of rotatable bonds is 8. The van der Waals surface area contributed by atoms with Crippen LogP contribution in [0.2, 0.25) is 0 Å². The quantitative estimate of drug-likeness (QED) is 0.138. The van der Waals surface area contributed by atoms with Crippen LogP contribution < -0.4 is 4.90 Å². The van der Waals surface area contributed by atoms with Crippen molar-refractivity contribution in [1.82, 2.24) is 4.57 Å². The molecule has 0 radical (unpaired) electrons. The van der Waals surface area contributed by atoms with Gasteiger partial charge in [-0.1, -0.05) is 207 Å². The summed E-state index contributed by atoms with van der Waals surface area (Å²) in [6, 6.07) is 88.0. The van der Waals surface area contributed by atoms with Gasteiger partial charge in [0.05, 0.1) is 22.4 Å². The number of nitrogens with zero attached hydrogens (tertiary/aromatic N) is 2. The Morgan fingerprint density at radius 3 is 1.82 bits per heavy atom. The van der Waals surface area contributed by atoms with E-state index in [1.54, 1.807) is 0 Å². The number of para-hydroxylation sites is 4. The molecule has 1 aliphatic rings. The Balaban J connectivity index is 1.05. The Bertz CT molecular complexity index is 3850. The van der Waals surface area contributed by atoms with Crippen LogP contribution in [-0.2, 0) is 0 Å². The average molecular weight is 871 g/mol. The van der Waals surface area contributed by atoms with Crippen LogP contribution in [0.25, 0.3) is 93.2 Å². The van der Waals surface area contributed by atoms with E-state index in [4.69, 9.17) is 0 Å². The molecule has 0 N–H and O–H groups in total. The van der Waals surface area contributed by atoms with E-state index in [1.165, 1.54) is 114 Å². The Labute approximate surface area is 398 Å². The van der Waals surface area contributed by atoms with Gasteiger partial charge in [0.1, 0.15) is 0 Å². The zero-order valence-electron chi connectivity index (χ0n) is 38.0. The summed E-state index contributed by atoms with van der Waals surface area (Å²) in [4.78, 5) is 2.54. The van der Waals surface area contributed by atoms with Crippen LogP contribution in [0.5, 0.6) is 0 Å². The molecule has 11 aromatic carbocycles. The van der Waals surface area contributed by atoms with Gasteiger partial charge in [-0.05, 0) is 127 Å². The molecule has 13 rings (SSSR count). The van der Waals surface area contributed by atoms with Gasteiger partial charge in [-0.2, -0.15) is 0 Å². The Kier molecular flexibility index (Phi) is 9.97. The molecule has 12 aromatic rings. The average Bonchev–Trinajstić information content (AvgIpc) is 3.75. The highest BCUT2D eigenvalue weighted by molar-refractivity contribution is 6.13. The van der Waals surface area contributed by atoms with Crippen molar-refractivity contribution in [3.63, 3.8) is 0 Å². The Morgan fingerprint density at radius 2 is 0.956 bits per heavy atom. The summed E-state index contributed by atoms with van der Waals surface area (Å²) >= 11 is 0. The third kappa shape index (κ3) is 6.78. The largest absolute Gasteiger partial charge is 0.309 e. The van der Waals surface area contributed by atoms with Crippen LogP contribution in [-0.4, -0.2) is 4.57 Å². The molecule has 0 atom stereocenters.